The van der Waals surface area contributed by atoms with Crippen molar-refractivity contribution in [3.05, 3.63) is 95.9 Å². The second-order valence-corrected chi connectivity index (χ2v) is 7.13. The number of carbonyl (C=O) groups excluding carboxylic acids is 1. The van der Waals surface area contributed by atoms with Crippen molar-refractivity contribution in [1.29, 1.82) is 0 Å². The van der Waals surface area contributed by atoms with Crippen molar-refractivity contribution in [2.45, 2.75) is 12.6 Å². The molecule has 5 rings (SSSR count). The van der Waals surface area contributed by atoms with E-state index in [1.54, 1.807) is 18.1 Å². The highest BCUT2D eigenvalue weighted by Gasteiger charge is 2.40. The number of para-hydroxylation sites is 2. The smallest absolute Gasteiger partial charge is 0.255 e. The highest BCUT2D eigenvalue weighted by molar-refractivity contribution is 6.05. The fourth-order valence-corrected chi connectivity index (χ4v) is 4.10. The molecule has 0 bridgehead atoms. The number of ether oxygens (including phenoxy) is 1. The number of halogens is 1. The maximum absolute atomic E-state index is 14.8. The first-order valence-corrected chi connectivity index (χ1v) is 9.45. The van der Waals surface area contributed by atoms with Gasteiger partial charge in [-0.3, -0.25) is 4.79 Å². The van der Waals surface area contributed by atoms with Gasteiger partial charge in [0.05, 0.1) is 19.3 Å². The van der Waals surface area contributed by atoms with Crippen LogP contribution < -0.4 is 9.64 Å². The number of benzene rings is 3. The normalized spacial score (nSPS) is 15.7. The fraction of sp³-hybridized carbons (Fsp3) is 0.125. The lowest BCUT2D eigenvalue weighted by Crippen LogP contribution is -2.31. The van der Waals surface area contributed by atoms with Crippen LogP contribution in [-0.4, -0.2) is 17.6 Å². The molecule has 4 aromatic rings. The van der Waals surface area contributed by atoms with Crippen LogP contribution in [0, 0.1) is 5.82 Å². The monoisotopic (exact) mass is 386 g/mol. The zero-order valence-electron chi connectivity index (χ0n) is 15.9. The molecule has 1 aliphatic heterocycles. The molecule has 144 valence electrons. The Morgan fingerprint density at radius 3 is 2.55 bits per heavy atom. The van der Waals surface area contributed by atoms with Gasteiger partial charge >= 0.3 is 0 Å². The molecule has 1 amide bonds. The van der Waals surface area contributed by atoms with Crippen LogP contribution in [0.5, 0.6) is 5.75 Å². The minimum Gasteiger partial charge on any atom is -0.497 e. The Morgan fingerprint density at radius 1 is 0.966 bits per heavy atom. The van der Waals surface area contributed by atoms with Gasteiger partial charge in [0, 0.05) is 17.3 Å². The molecule has 1 unspecified atom stereocenters. The van der Waals surface area contributed by atoms with E-state index in [2.05, 4.69) is 0 Å². The summed E-state index contributed by atoms with van der Waals surface area (Å²) in [7, 11) is 1.61. The topological polar surface area (TPSA) is 34.5 Å². The fourth-order valence-electron chi connectivity index (χ4n) is 4.10. The molecule has 0 N–H and O–H groups in total. The first-order chi connectivity index (χ1) is 14.2. The summed E-state index contributed by atoms with van der Waals surface area (Å²) in [5.41, 5.74) is 2.90. The van der Waals surface area contributed by atoms with E-state index < -0.39 is 6.04 Å². The minimum absolute atomic E-state index is 0.137. The van der Waals surface area contributed by atoms with Crippen LogP contribution in [0.1, 0.15) is 17.2 Å². The number of hydrogen-bond acceptors (Lipinski definition) is 2. The van der Waals surface area contributed by atoms with Crippen molar-refractivity contribution in [3.63, 3.8) is 0 Å². The molecule has 2 heterocycles. The summed E-state index contributed by atoms with van der Waals surface area (Å²) in [6.45, 7) is 0.298. The van der Waals surface area contributed by atoms with Gasteiger partial charge in [-0.05, 0) is 41.3 Å². The third kappa shape index (κ3) is 2.78. The zero-order valence-corrected chi connectivity index (χ0v) is 15.9. The first-order valence-electron chi connectivity index (χ1n) is 9.45. The maximum Gasteiger partial charge on any atom is 0.255 e. The van der Waals surface area contributed by atoms with Gasteiger partial charge in [0.1, 0.15) is 17.6 Å². The van der Waals surface area contributed by atoms with Crippen molar-refractivity contribution in [2.75, 3.05) is 12.0 Å². The van der Waals surface area contributed by atoms with Gasteiger partial charge in [0.25, 0.3) is 5.91 Å². The quantitative estimate of drug-likeness (QED) is 0.499. The lowest BCUT2D eigenvalue weighted by atomic mass is 10.1. The van der Waals surface area contributed by atoms with Crippen LogP contribution in [0.15, 0.2) is 79.0 Å². The molecular weight excluding hydrogens is 367 g/mol. The second-order valence-electron chi connectivity index (χ2n) is 7.13. The van der Waals surface area contributed by atoms with Gasteiger partial charge in [-0.2, -0.15) is 0 Å². The Kier molecular flexibility index (Phi) is 4.09. The number of hydrogen-bond donors (Lipinski definition) is 0. The Balaban J connectivity index is 1.60. The highest BCUT2D eigenvalue weighted by Crippen LogP contribution is 2.42. The summed E-state index contributed by atoms with van der Waals surface area (Å²) in [5.74, 6) is 0.218. The number of rotatable bonds is 4. The summed E-state index contributed by atoms with van der Waals surface area (Å²) in [4.78, 5) is 15.0. The van der Waals surface area contributed by atoms with Gasteiger partial charge in [-0.15, -0.1) is 0 Å². The summed E-state index contributed by atoms with van der Waals surface area (Å²) in [6, 6.07) is 21.7. The Morgan fingerprint density at radius 2 is 1.76 bits per heavy atom. The molecule has 1 aliphatic rings. The number of carbonyl (C=O) groups is 1. The number of anilines is 1. The third-order valence-electron chi connectivity index (χ3n) is 5.49. The number of aromatic nitrogens is 1. The molecule has 29 heavy (non-hydrogen) atoms. The molecule has 5 heteroatoms. The predicted octanol–water partition coefficient (Wildman–Crippen LogP) is 4.93. The summed E-state index contributed by atoms with van der Waals surface area (Å²) in [6.07, 6.45) is 1.90. The van der Waals surface area contributed by atoms with Crippen molar-refractivity contribution in [1.82, 2.24) is 4.57 Å². The molecule has 0 fully saturated rings. The molecule has 0 spiro atoms. The lowest BCUT2D eigenvalue weighted by Gasteiger charge is -2.19. The van der Waals surface area contributed by atoms with Gasteiger partial charge in [-0.25, -0.2) is 4.39 Å². The number of amides is 1. The average Bonchev–Trinajstić information content (AvgIpc) is 3.28. The largest absolute Gasteiger partial charge is 0.497 e. The van der Waals surface area contributed by atoms with E-state index >= 15 is 0 Å². The SMILES string of the molecule is COc1ccc(CN2C(=O)C(n3ccc4ccccc43)c3cccc(F)c32)cc1. The van der Waals surface area contributed by atoms with E-state index in [9.17, 15) is 9.18 Å². The Labute approximate surface area is 167 Å². The predicted molar refractivity (Wildman–Crippen MR) is 111 cm³/mol. The van der Waals surface area contributed by atoms with Crippen molar-refractivity contribution in [3.8, 4) is 5.75 Å². The lowest BCUT2D eigenvalue weighted by molar-refractivity contribution is -0.120. The van der Waals surface area contributed by atoms with E-state index in [-0.39, 0.29) is 11.7 Å². The maximum atomic E-state index is 14.8. The van der Waals surface area contributed by atoms with Crippen LogP contribution >= 0.6 is 0 Å². The summed E-state index contributed by atoms with van der Waals surface area (Å²) in [5, 5.41) is 1.05. The van der Waals surface area contributed by atoms with Crippen molar-refractivity contribution >= 4 is 22.5 Å². The van der Waals surface area contributed by atoms with Gasteiger partial charge < -0.3 is 14.2 Å². The van der Waals surface area contributed by atoms with Crippen LogP contribution in [-0.2, 0) is 11.3 Å². The Bertz CT molecular complexity index is 1210. The number of fused-ring (bicyclic) bond motifs is 2. The number of nitrogens with zero attached hydrogens (tertiary/aromatic N) is 2. The first kappa shape index (κ1) is 17.5. The van der Waals surface area contributed by atoms with Crippen LogP contribution in [0.2, 0.25) is 0 Å². The van der Waals surface area contributed by atoms with E-state index in [1.165, 1.54) is 6.07 Å². The average molecular weight is 386 g/mol. The standard InChI is InChI=1S/C24H19FN2O2/c1-29-18-11-9-16(10-12-18)15-27-22-19(6-4-7-20(22)25)23(24(27)28)26-14-13-17-5-2-3-8-21(17)26/h2-14,23H,15H2,1H3. The Hall–Kier alpha value is -3.60. The van der Waals surface area contributed by atoms with Crippen molar-refractivity contribution < 1.29 is 13.9 Å². The van der Waals surface area contributed by atoms with E-state index in [1.807, 2.05) is 71.4 Å². The molecule has 1 atom stereocenters. The molecule has 4 nitrogen and oxygen atoms in total. The van der Waals surface area contributed by atoms with Gasteiger partial charge in [0.15, 0.2) is 0 Å². The summed E-state index contributed by atoms with van der Waals surface area (Å²) < 4.78 is 22.0. The zero-order chi connectivity index (χ0) is 20.0. The molecule has 0 saturated heterocycles. The van der Waals surface area contributed by atoms with Crippen LogP contribution in [0.25, 0.3) is 10.9 Å². The van der Waals surface area contributed by atoms with Gasteiger partial charge in [-0.1, -0.05) is 42.5 Å². The summed E-state index contributed by atoms with van der Waals surface area (Å²) >= 11 is 0. The number of methoxy groups -OCH3 is 1. The molecule has 0 saturated carbocycles. The van der Waals surface area contributed by atoms with E-state index in [0.29, 0.717) is 17.8 Å². The van der Waals surface area contributed by atoms with Crippen LogP contribution in [0.3, 0.4) is 0 Å². The van der Waals surface area contributed by atoms with Gasteiger partial charge in [0.2, 0.25) is 0 Å². The second kappa shape index (κ2) is 6.78. The van der Waals surface area contributed by atoms with Crippen molar-refractivity contribution in [2.24, 2.45) is 0 Å². The molecule has 0 aliphatic carbocycles. The molecule has 3 aromatic carbocycles. The molecular formula is C24H19FN2O2. The van der Waals surface area contributed by atoms with E-state index in [0.717, 1.165) is 22.2 Å². The molecule has 0 radical (unpaired) electrons. The highest BCUT2D eigenvalue weighted by atomic mass is 19.1. The molecule has 1 aromatic heterocycles. The van der Waals surface area contributed by atoms with Crippen LogP contribution in [0.4, 0.5) is 10.1 Å². The minimum atomic E-state index is -0.584. The van der Waals surface area contributed by atoms with E-state index in [4.69, 9.17) is 4.74 Å². The third-order valence-corrected chi connectivity index (χ3v) is 5.49.